The topological polar surface area (TPSA) is 83.2 Å². The van der Waals surface area contributed by atoms with Crippen molar-refractivity contribution < 1.29 is 24.1 Å². The smallest absolute Gasteiger partial charge is 0.161 e. The molecular weight excluding hydrogens is 262 g/mol. The van der Waals surface area contributed by atoms with Crippen LogP contribution in [0.2, 0.25) is 0 Å². The third-order valence-electron chi connectivity index (χ3n) is 2.64. The Morgan fingerprint density at radius 1 is 1.15 bits per heavy atom. The van der Waals surface area contributed by atoms with E-state index < -0.39 is 6.10 Å². The zero-order valence-electron chi connectivity index (χ0n) is 12.0. The Kier molecular flexibility index (Phi) is 7.98. The molecule has 0 aliphatic rings. The van der Waals surface area contributed by atoms with Crippen LogP contribution in [0.1, 0.15) is 5.56 Å². The van der Waals surface area contributed by atoms with Gasteiger partial charge in [0, 0.05) is 13.7 Å². The molecule has 0 radical (unpaired) electrons. The van der Waals surface area contributed by atoms with Gasteiger partial charge in [-0.2, -0.15) is 0 Å². The van der Waals surface area contributed by atoms with E-state index in [4.69, 9.17) is 24.7 Å². The summed E-state index contributed by atoms with van der Waals surface area (Å²) in [5.74, 6) is 1.17. The molecule has 1 unspecified atom stereocenters. The molecule has 0 saturated heterocycles. The molecule has 0 saturated carbocycles. The maximum absolute atomic E-state index is 9.72. The molecule has 6 nitrogen and oxygen atoms in total. The number of benzene rings is 1. The molecule has 114 valence electrons. The van der Waals surface area contributed by atoms with E-state index in [0.717, 1.165) is 5.56 Å². The molecule has 0 amide bonds. The minimum absolute atomic E-state index is 0.130. The van der Waals surface area contributed by atoms with Crippen LogP contribution >= 0.6 is 0 Å². The van der Waals surface area contributed by atoms with E-state index in [9.17, 15) is 5.11 Å². The van der Waals surface area contributed by atoms with Crippen molar-refractivity contribution in [3.05, 3.63) is 23.8 Å². The molecule has 1 atom stereocenters. The van der Waals surface area contributed by atoms with Crippen LogP contribution in [0.15, 0.2) is 18.2 Å². The lowest BCUT2D eigenvalue weighted by atomic mass is 10.2. The summed E-state index contributed by atoms with van der Waals surface area (Å²) in [6.07, 6.45) is -0.703. The summed E-state index contributed by atoms with van der Waals surface area (Å²) in [7, 11) is 3.16. The van der Waals surface area contributed by atoms with Gasteiger partial charge in [0.1, 0.15) is 12.7 Å². The normalized spacial score (nSPS) is 12.2. The van der Waals surface area contributed by atoms with Crippen LogP contribution in [0.3, 0.4) is 0 Å². The third kappa shape index (κ3) is 5.75. The van der Waals surface area contributed by atoms with Crippen molar-refractivity contribution in [1.82, 2.24) is 0 Å². The number of rotatable bonds is 10. The molecule has 1 aromatic rings. The summed E-state index contributed by atoms with van der Waals surface area (Å²) in [5, 5.41) is 9.72. The van der Waals surface area contributed by atoms with E-state index >= 15 is 0 Å². The van der Waals surface area contributed by atoms with E-state index in [0.29, 0.717) is 31.3 Å². The first kappa shape index (κ1) is 16.7. The molecule has 20 heavy (non-hydrogen) atoms. The average molecular weight is 285 g/mol. The minimum atomic E-state index is -0.703. The molecule has 0 spiro atoms. The molecule has 0 aliphatic carbocycles. The summed E-state index contributed by atoms with van der Waals surface area (Å²) in [6.45, 7) is 1.72. The monoisotopic (exact) mass is 285 g/mol. The van der Waals surface area contributed by atoms with E-state index in [1.54, 1.807) is 20.3 Å². The molecule has 3 N–H and O–H groups in total. The van der Waals surface area contributed by atoms with Gasteiger partial charge in [-0.05, 0) is 17.7 Å². The molecule has 0 bridgehead atoms. The molecule has 0 fully saturated rings. The van der Waals surface area contributed by atoms with Crippen molar-refractivity contribution in [2.75, 3.05) is 40.6 Å². The Bertz CT molecular complexity index is 386. The fourth-order valence-electron chi connectivity index (χ4n) is 1.55. The average Bonchev–Trinajstić information content (AvgIpc) is 2.49. The first-order valence-corrected chi connectivity index (χ1v) is 6.45. The summed E-state index contributed by atoms with van der Waals surface area (Å²) in [6, 6.07) is 5.45. The second-order valence-corrected chi connectivity index (χ2v) is 4.22. The number of methoxy groups -OCH3 is 2. The fraction of sp³-hybridized carbons (Fsp3) is 0.571. The summed E-state index contributed by atoms with van der Waals surface area (Å²) in [4.78, 5) is 0. The molecule has 0 aromatic heterocycles. The maximum atomic E-state index is 9.72. The zero-order valence-corrected chi connectivity index (χ0v) is 12.0. The standard InChI is InChI=1S/C14H23NO5/c1-17-5-6-19-9-12(16)10-20-13-4-3-11(8-15)7-14(13)18-2/h3-4,7,12,16H,5-6,8-10,15H2,1-2H3. The van der Waals surface area contributed by atoms with Crippen LogP contribution in [-0.4, -0.2) is 51.9 Å². The minimum Gasteiger partial charge on any atom is -0.493 e. The van der Waals surface area contributed by atoms with Crippen LogP contribution in [-0.2, 0) is 16.0 Å². The first-order chi connectivity index (χ1) is 9.71. The molecule has 1 aromatic carbocycles. The van der Waals surface area contributed by atoms with Crippen LogP contribution < -0.4 is 15.2 Å². The van der Waals surface area contributed by atoms with Gasteiger partial charge in [0.25, 0.3) is 0 Å². The van der Waals surface area contributed by atoms with Crippen LogP contribution in [0, 0.1) is 0 Å². The number of nitrogens with two attached hydrogens (primary N) is 1. The van der Waals surface area contributed by atoms with E-state index in [1.807, 2.05) is 12.1 Å². The van der Waals surface area contributed by atoms with Crippen molar-refractivity contribution >= 4 is 0 Å². The van der Waals surface area contributed by atoms with Crippen molar-refractivity contribution in [2.24, 2.45) is 5.73 Å². The number of aliphatic hydroxyl groups is 1. The van der Waals surface area contributed by atoms with Crippen molar-refractivity contribution in [1.29, 1.82) is 0 Å². The highest BCUT2D eigenvalue weighted by Crippen LogP contribution is 2.27. The Hall–Kier alpha value is -1.34. The van der Waals surface area contributed by atoms with Crippen molar-refractivity contribution in [2.45, 2.75) is 12.6 Å². The lowest BCUT2D eigenvalue weighted by molar-refractivity contribution is -0.00450. The van der Waals surface area contributed by atoms with Gasteiger partial charge < -0.3 is 29.8 Å². The quantitative estimate of drug-likeness (QED) is 0.611. The number of hydrogen-bond donors (Lipinski definition) is 2. The third-order valence-corrected chi connectivity index (χ3v) is 2.64. The van der Waals surface area contributed by atoms with Gasteiger partial charge in [-0.15, -0.1) is 0 Å². The van der Waals surface area contributed by atoms with Crippen LogP contribution in [0.4, 0.5) is 0 Å². The van der Waals surface area contributed by atoms with E-state index in [2.05, 4.69) is 0 Å². The first-order valence-electron chi connectivity index (χ1n) is 6.45. The molecule has 0 heterocycles. The van der Waals surface area contributed by atoms with Crippen molar-refractivity contribution in [3.63, 3.8) is 0 Å². The molecule has 6 heteroatoms. The lowest BCUT2D eigenvalue weighted by Crippen LogP contribution is -2.24. The van der Waals surface area contributed by atoms with Gasteiger partial charge in [0.2, 0.25) is 0 Å². The number of aliphatic hydroxyl groups excluding tert-OH is 1. The number of hydrogen-bond acceptors (Lipinski definition) is 6. The SMILES string of the molecule is COCCOCC(O)COc1ccc(CN)cc1OC. The number of ether oxygens (including phenoxy) is 4. The predicted octanol–water partition coefficient (Wildman–Crippen LogP) is 0.557. The molecule has 1 rings (SSSR count). The Morgan fingerprint density at radius 3 is 2.60 bits per heavy atom. The highest BCUT2D eigenvalue weighted by atomic mass is 16.5. The fourth-order valence-corrected chi connectivity index (χ4v) is 1.55. The second kappa shape index (κ2) is 9.55. The van der Waals surface area contributed by atoms with Crippen molar-refractivity contribution in [3.8, 4) is 11.5 Å². The molecule has 0 aliphatic heterocycles. The Labute approximate surface area is 119 Å². The summed E-state index contributed by atoms with van der Waals surface area (Å²) in [5.41, 5.74) is 6.52. The van der Waals surface area contributed by atoms with Gasteiger partial charge in [-0.3, -0.25) is 0 Å². The van der Waals surface area contributed by atoms with Gasteiger partial charge in [0.15, 0.2) is 11.5 Å². The zero-order chi connectivity index (χ0) is 14.8. The van der Waals surface area contributed by atoms with Gasteiger partial charge in [-0.25, -0.2) is 0 Å². The van der Waals surface area contributed by atoms with E-state index in [1.165, 1.54) is 0 Å². The summed E-state index contributed by atoms with van der Waals surface area (Å²) < 4.78 is 20.8. The Morgan fingerprint density at radius 2 is 1.95 bits per heavy atom. The van der Waals surface area contributed by atoms with Crippen LogP contribution in [0.25, 0.3) is 0 Å². The van der Waals surface area contributed by atoms with Gasteiger partial charge >= 0.3 is 0 Å². The van der Waals surface area contributed by atoms with Crippen LogP contribution in [0.5, 0.6) is 11.5 Å². The summed E-state index contributed by atoms with van der Waals surface area (Å²) >= 11 is 0. The second-order valence-electron chi connectivity index (χ2n) is 4.22. The molecular formula is C14H23NO5. The van der Waals surface area contributed by atoms with E-state index in [-0.39, 0.29) is 13.2 Å². The highest BCUT2D eigenvalue weighted by Gasteiger charge is 2.09. The lowest BCUT2D eigenvalue weighted by Gasteiger charge is -2.15. The highest BCUT2D eigenvalue weighted by molar-refractivity contribution is 5.42. The maximum Gasteiger partial charge on any atom is 0.161 e. The largest absolute Gasteiger partial charge is 0.493 e. The van der Waals surface area contributed by atoms with Gasteiger partial charge in [-0.1, -0.05) is 6.07 Å². The predicted molar refractivity (Wildman–Crippen MR) is 75.1 cm³/mol. The Balaban J connectivity index is 2.40. The van der Waals surface area contributed by atoms with Gasteiger partial charge in [0.05, 0.1) is 26.9 Å².